The second-order valence-corrected chi connectivity index (χ2v) is 6.91. The number of rotatable bonds is 10. The Labute approximate surface area is 106 Å². The lowest BCUT2D eigenvalue weighted by Crippen LogP contribution is -2.36. The molecule has 0 amide bonds. The molecule has 1 aliphatic carbocycles. The molecule has 0 spiro atoms. The normalized spacial score (nSPS) is 16.6. The van der Waals surface area contributed by atoms with Gasteiger partial charge in [0.1, 0.15) is 0 Å². The van der Waals surface area contributed by atoms with E-state index in [1.54, 1.807) is 4.31 Å². The maximum Gasteiger partial charge on any atom is 0.214 e. The van der Waals surface area contributed by atoms with Crippen molar-refractivity contribution in [2.45, 2.75) is 39.5 Å². The number of sulfonamides is 1. The molecule has 17 heavy (non-hydrogen) atoms. The maximum atomic E-state index is 12.1. The zero-order valence-corrected chi connectivity index (χ0v) is 11.9. The van der Waals surface area contributed by atoms with Gasteiger partial charge in [-0.1, -0.05) is 13.8 Å². The summed E-state index contributed by atoms with van der Waals surface area (Å²) >= 11 is 0. The van der Waals surface area contributed by atoms with Crippen LogP contribution in [0.1, 0.15) is 39.5 Å². The van der Waals surface area contributed by atoms with Crippen LogP contribution in [0, 0.1) is 5.92 Å². The van der Waals surface area contributed by atoms with E-state index in [-0.39, 0.29) is 5.75 Å². The number of nitrogens with zero attached hydrogens (tertiary/aromatic N) is 1. The first kappa shape index (κ1) is 14.9. The molecule has 102 valence electrons. The molecular weight excluding hydrogens is 236 g/mol. The van der Waals surface area contributed by atoms with Crippen LogP contribution in [-0.2, 0) is 10.0 Å². The smallest absolute Gasteiger partial charge is 0.214 e. The minimum atomic E-state index is -3.03. The highest BCUT2D eigenvalue weighted by Crippen LogP contribution is 2.30. The fraction of sp³-hybridized carbons (Fsp3) is 1.00. The van der Waals surface area contributed by atoms with E-state index in [9.17, 15) is 8.42 Å². The molecule has 0 heterocycles. The Hall–Kier alpha value is -0.130. The Balaban J connectivity index is 2.38. The van der Waals surface area contributed by atoms with Crippen LogP contribution in [0.3, 0.4) is 0 Å². The van der Waals surface area contributed by atoms with Crippen molar-refractivity contribution in [2.24, 2.45) is 5.92 Å². The van der Waals surface area contributed by atoms with Crippen LogP contribution >= 0.6 is 0 Å². The van der Waals surface area contributed by atoms with Crippen LogP contribution < -0.4 is 5.32 Å². The van der Waals surface area contributed by atoms with Crippen LogP contribution in [0.2, 0.25) is 0 Å². The summed E-state index contributed by atoms with van der Waals surface area (Å²) in [4.78, 5) is 0. The van der Waals surface area contributed by atoms with E-state index < -0.39 is 10.0 Å². The molecule has 0 saturated heterocycles. The number of hydrogen-bond donors (Lipinski definition) is 1. The Kier molecular flexibility index (Phi) is 6.44. The third-order valence-electron chi connectivity index (χ3n) is 3.03. The molecule has 0 radical (unpaired) electrons. The van der Waals surface area contributed by atoms with Gasteiger partial charge in [0.15, 0.2) is 0 Å². The average Bonchev–Trinajstić information content (AvgIpc) is 3.08. The van der Waals surface area contributed by atoms with Crippen LogP contribution in [-0.4, -0.2) is 44.7 Å². The van der Waals surface area contributed by atoms with E-state index >= 15 is 0 Å². The van der Waals surface area contributed by atoms with Gasteiger partial charge in [-0.3, -0.25) is 0 Å². The summed E-state index contributed by atoms with van der Waals surface area (Å²) in [5, 5.41) is 3.16. The van der Waals surface area contributed by atoms with E-state index in [1.165, 1.54) is 12.8 Å². The molecule has 1 saturated carbocycles. The van der Waals surface area contributed by atoms with Gasteiger partial charge in [0.25, 0.3) is 0 Å². The van der Waals surface area contributed by atoms with Gasteiger partial charge in [-0.2, -0.15) is 0 Å². The predicted octanol–water partition coefficient (Wildman–Crippen LogP) is 1.44. The molecule has 0 atom stereocenters. The monoisotopic (exact) mass is 262 g/mol. The van der Waals surface area contributed by atoms with Crippen LogP contribution in [0.15, 0.2) is 0 Å². The lowest BCUT2D eigenvalue weighted by molar-refractivity contribution is 0.395. The fourth-order valence-electron chi connectivity index (χ4n) is 1.87. The highest BCUT2D eigenvalue weighted by molar-refractivity contribution is 7.89. The number of nitrogens with one attached hydrogen (secondary N) is 1. The summed E-state index contributed by atoms with van der Waals surface area (Å²) in [6.45, 7) is 7.19. The predicted molar refractivity (Wildman–Crippen MR) is 71.5 cm³/mol. The van der Waals surface area contributed by atoms with Crippen molar-refractivity contribution in [3.63, 3.8) is 0 Å². The number of hydrogen-bond acceptors (Lipinski definition) is 3. The first-order chi connectivity index (χ1) is 8.10. The minimum absolute atomic E-state index is 0.284. The van der Waals surface area contributed by atoms with E-state index in [2.05, 4.69) is 5.32 Å². The van der Waals surface area contributed by atoms with Gasteiger partial charge in [-0.25, -0.2) is 12.7 Å². The lowest BCUT2D eigenvalue weighted by atomic mass is 10.4. The van der Waals surface area contributed by atoms with Crippen molar-refractivity contribution >= 4 is 10.0 Å². The van der Waals surface area contributed by atoms with E-state index in [0.29, 0.717) is 18.9 Å². The average molecular weight is 262 g/mol. The van der Waals surface area contributed by atoms with Gasteiger partial charge < -0.3 is 5.32 Å². The van der Waals surface area contributed by atoms with Gasteiger partial charge in [0, 0.05) is 13.1 Å². The van der Waals surface area contributed by atoms with Crippen molar-refractivity contribution in [1.82, 2.24) is 9.62 Å². The second-order valence-electron chi connectivity index (χ2n) is 4.82. The summed E-state index contributed by atoms with van der Waals surface area (Å²) in [6, 6.07) is 0. The molecule has 1 fully saturated rings. The summed E-state index contributed by atoms with van der Waals surface area (Å²) in [5.74, 6) is 0.914. The van der Waals surface area contributed by atoms with Crippen molar-refractivity contribution in [3.8, 4) is 0 Å². The van der Waals surface area contributed by atoms with Gasteiger partial charge in [0.05, 0.1) is 5.75 Å². The standard InChI is InChI=1S/C12H26N2O2S/c1-3-9-14(11-12-6-7-12)17(15,16)10-5-8-13-4-2/h12-13H,3-11H2,1-2H3. The van der Waals surface area contributed by atoms with Gasteiger partial charge in [0.2, 0.25) is 10.0 Å². The molecule has 1 N–H and O–H groups in total. The summed E-state index contributed by atoms with van der Waals surface area (Å²) in [6.07, 6.45) is 4.01. The third kappa shape index (κ3) is 5.84. The molecule has 1 rings (SSSR count). The highest BCUT2D eigenvalue weighted by Gasteiger charge is 2.29. The topological polar surface area (TPSA) is 49.4 Å². The van der Waals surface area contributed by atoms with E-state index in [4.69, 9.17) is 0 Å². The van der Waals surface area contributed by atoms with Crippen molar-refractivity contribution in [1.29, 1.82) is 0 Å². The maximum absolute atomic E-state index is 12.1. The van der Waals surface area contributed by atoms with Crippen molar-refractivity contribution < 1.29 is 8.42 Å². The summed E-state index contributed by atoms with van der Waals surface area (Å²) in [7, 11) is -3.03. The van der Waals surface area contributed by atoms with Crippen molar-refractivity contribution in [3.05, 3.63) is 0 Å². The molecule has 1 aliphatic rings. The summed E-state index contributed by atoms with van der Waals surface area (Å²) < 4.78 is 26.0. The van der Waals surface area contributed by atoms with Gasteiger partial charge in [-0.05, 0) is 44.7 Å². The Morgan fingerprint density at radius 2 is 2.00 bits per heavy atom. The molecule has 0 bridgehead atoms. The van der Waals surface area contributed by atoms with Crippen molar-refractivity contribution in [2.75, 3.05) is 31.9 Å². The Bertz CT molecular complexity index is 300. The van der Waals surface area contributed by atoms with Crippen LogP contribution in [0.25, 0.3) is 0 Å². The fourth-order valence-corrected chi connectivity index (χ4v) is 3.53. The minimum Gasteiger partial charge on any atom is -0.317 e. The molecule has 0 unspecified atom stereocenters. The van der Waals surface area contributed by atoms with Gasteiger partial charge in [-0.15, -0.1) is 0 Å². The Morgan fingerprint density at radius 3 is 2.53 bits per heavy atom. The molecule has 4 nitrogen and oxygen atoms in total. The van der Waals surface area contributed by atoms with Crippen LogP contribution in [0.4, 0.5) is 0 Å². The highest BCUT2D eigenvalue weighted by atomic mass is 32.2. The molecular formula is C12H26N2O2S. The largest absolute Gasteiger partial charge is 0.317 e. The first-order valence-electron chi connectivity index (χ1n) is 6.78. The molecule has 0 aromatic carbocycles. The van der Waals surface area contributed by atoms with E-state index in [1.807, 2.05) is 13.8 Å². The van der Waals surface area contributed by atoms with E-state index in [0.717, 1.165) is 26.1 Å². The lowest BCUT2D eigenvalue weighted by Gasteiger charge is -2.21. The molecule has 0 aliphatic heterocycles. The van der Waals surface area contributed by atoms with Crippen LogP contribution in [0.5, 0.6) is 0 Å². The summed E-state index contributed by atoms with van der Waals surface area (Å²) in [5.41, 5.74) is 0. The zero-order chi connectivity index (χ0) is 12.7. The third-order valence-corrected chi connectivity index (χ3v) is 4.95. The quantitative estimate of drug-likeness (QED) is 0.606. The zero-order valence-electron chi connectivity index (χ0n) is 11.1. The molecule has 0 aromatic rings. The SMILES string of the molecule is CCCN(CC1CC1)S(=O)(=O)CCCNCC. The first-order valence-corrected chi connectivity index (χ1v) is 8.39. The second kappa shape index (κ2) is 7.34. The Morgan fingerprint density at radius 1 is 1.29 bits per heavy atom. The molecule has 5 heteroatoms. The van der Waals surface area contributed by atoms with Gasteiger partial charge >= 0.3 is 0 Å². The molecule has 0 aromatic heterocycles.